The highest BCUT2D eigenvalue weighted by molar-refractivity contribution is 9.10. The van der Waals surface area contributed by atoms with Gasteiger partial charge < -0.3 is 14.8 Å². The first-order chi connectivity index (χ1) is 11.8. The van der Waals surface area contributed by atoms with E-state index in [2.05, 4.69) is 36.2 Å². The quantitative estimate of drug-likeness (QED) is 0.625. The molecule has 0 saturated carbocycles. The van der Waals surface area contributed by atoms with Gasteiger partial charge in [0.1, 0.15) is 18.8 Å². The van der Waals surface area contributed by atoms with Crippen LogP contribution in [0.25, 0.3) is 10.9 Å². The molecule has 7 heteroatoms. The van der Waals surface area contributed by atoms with E-state index in [1.54, 1.807) is 19.6 Å². The molecule has 3 rings (SSSR count). The standard InChI is InChI=1S/C17H17BrN4O2/c1-23-6-7-24-16-5-2-12(9-19-16)10-20-17-14-8-13(18)3-4-15(14)21-11-22-17/h2-5,8-9,11H,6-7,10H2,1H3,(H,20,21,22). The van der Waals surface area contributed by atoms with Gasteiger partial charge in [-0.15, -0.1) is 0 Å². The number of nitrogens with one attached hydrogen (secondary N) is 1. The van der Waals surface area contributed by atoms with Gasteiger partial charge in [-0.2, -0.15) is 0 Å². The molecule has 0 aliphatic heterocycles. The van der Waals surface area contributed by atoms with Crippen LogP contribution in [0.3, 0.4) is 0 Å². The van der Waals surface area contributed by atoms with Gasteiger partial charge in [0.05, 0.1) is 12.1 Å². The Kier molecular flexibility index (Phi) is 5.55. The number of pyridine rings is 1. The topological polar surface area (TPSA) is 69.2 Å². The van der Waals surface area contributed by atoms with Gasteiger partial charge in [-0.3, -0.25) is 0 Å². The van der Waals surface area contributed by atoms with Crippen LogP contribution in [0.4, 0.5) is 5.82 Å². The van der Waals surface area contributed by atoms with E-state index in [4.69, 9.17) is 9.47 Å². The highest BCUT2D eigenvalue weighted by Crippen LogP contribution is 2.23. The second kappa shape index (κ2) is 8.03. The van der Waals surface area contributed by atoms with E-state index in [9.17, 15) is 0 Å². The molecule has 6 nitrogen and oxygen atoms in total. The minimum absolute atomic E-state index is 0.489. The molecule has 0 unspecified atom stereocenters. The maximum atomic E-state index is 5.45. The van der Waals surface area contributed by atoms with Crippen molar-refractivity contribution in [3.05, 3.63) is 52.9 Å². The molecule has 2 heterocycles. The molecule has 2 aromatic heterocycles. The predicted octanol–water partition coefficient (Wildman–Crippen LogP) is 3.42. The first kappa shape index (κ1) is 16.6. The average molecular weight is 389 g/mol. The number of benzene rings is 1. The SMILES string of the molecule is COCCOc1ccc(CNc2ncnc3ccc(Br)cc23)cn1. The molecule has 0 spiro atoms. The molecular weight excluding hydrogens is 372 g/mol. The van der Waals surface area contributed by atoms with Crippen LogP contribution >= 0.6 is 15.9 Å². The highest BCUT2D eigenvalue weighted by Gasteiger charge is 2.04. The van der Waals surface area contributed by atoms with Gasteiger partial charge in [0.25, 0.3) is 0 Å². The summed E-state index contributed by atoms with van der Waals surface area (Å²) in [4.78, 5) is 12.9. The van der Waals surface area contributed by atoms with Crippen LogP contribution in [-0.2, 0) is 11.3 Å². The second-order valence-corrected chi connectivity index (χ2v) is 6.00. The fraction of sp³-hybridized carbons (Fsp3) is 0.235. The van der Waals surface area contributed by atoms with E-state index in [1.807, 2.05) is 30.3 Å². The van der Waals surface area contributed by atoms with E-state index in [0.717, 1.165) is 26.8 Å². The maximum Gasteiger partial charge on any atom is 0.213 e. The van der Waals surface area contributed by atoms with Crippen molar-refractivity contribution in [2.45, 2.75) is 6.54 Å². The molecule has 24 heavy (non-hydrogen) atoms. The van der Waals surface area contributed by atoms with Gasteiger partial charge in [0.2, 0.25) is 5.88 Å². The normalized spacial score (nSPS) is 10.8. The average Bonchev–Trinajstić information content (AvgIpc) is 2.61. The highest BCUT2D eigenvalue weighted by atomic mass is 79.9. The number of anilines is 1. The molecule has 1 aromatic carbocycles. The Morgan fingerprint density at radius 3 is 2.79 bits per heavy atom. The molecule has 0 bridgehead atoms. The van der Waals surface area contributed by atoms with Crippen LogP contribution in [-0.4, -0.2) is 35.3 Å². The number of methoxy groups -OCH3 is 1. The Bertz CT molecular complexity index is 811. The summed E-state index contributed by atoms with van der Waals surface area (Å²) in [7, 11) is 1.64. The largest absolute Gasteiger partial charge is 0.475 e. The van der Waals surface area contributed by atoms with Crippen molar-refractivity contribution < 1.29 is 9.47 Å². The predicted molar refractivity (Wildman–Crippen MR) is 96.2 cm³/mol. The number of hydrogen-bond donors (Lipinski definition) is 1. The molecule has 0 radical (unpaired) electrons. The molecule has 0 saturated heterocycles. The number of ether oxygens (including phenoxy) is 2. The van der Waals surface area contributed by atoms with Gasteiger partial charge >= 0.3 is 0 Å². The first-order valence-electron chi connectivity index (χ1n) is 7.47. The number of hydrogen-bond acceptors (Lipinski definition) is 6. The lowest BCUT2D eigenvalue weighted by Crippen LogP contribution is -2.06. The number of aromatic nitrogens is 3. The zero-order valence-electron chi connectivity index (χ0n) is 13.2. The fourth-order valence-electron chi connectivity index (χ4n) is 2.19. The summed E-state index contributed by atoms with van der Waals surface area (Å²) >= 11 is 3.48. The Balaban J connectivity index is 1.66. The lowest BCUT2D eigenvalue weighted by Gasteiger charge is -2.09. The third-order valence-corrected chi connectivity index (χ3v) is 3.89. The molecule has 0 aliphatic carbocycles. The molecule has 1 N–H and O–H groups in total. The third kappa shape index (κ3) is 4.18. The summed E-state index contributed by atoms with van der Waals surface area (Å²) in [5.41, 5.74) is 1.94. The molecule has 0 atom stereocenters. The molecule has 0 aliphatic rings. The van der Waals surface area contributed by atoms with Crippen LogP contribution in [0.1, 0.15) is 5.56 Å². The molecule has 3 aromatic rings. The van der Waals surface area contributed by atoms with Gasteiger partial charge in [-0.25, -0.2) is 15.0 Å². The minimum Gasteiger partial charge on any atom is -0.475 e. The van der Waals surface area contributed by atoms with Gasteiger partial charge in [0.15, 0.2) is 0 Å². The Labute approximate surface area is 148 Å². The Morgan fingerprint density at radius 1 is 1.08 bits per heavy atom. The monoisotopic (exact) mass is 388 g/mol. The van der Waals surface area contributed by atoms with E-state index in [1.165, 1.54) is 0 Å². The first-order valence-corrected chi connectivity index (χ1v) is 8.26. The number of fused-ring (bicyclic) bond motifs is 1. The van der Waals surface area contributed by atoms with Gasteiger partial charge in [0, 0.05) is 35.8 Å². The summed E-state index contributed by atoms with van der Waals surface area (Å²) < 4.78 is 11.4. The van der Waals surface area contributed by atoms with Crippen LogP contribution in [0.15, 0.2) is 47.3 Å². The van der Waals surface area contributed by atoms with Gasteiger partial charge in [-0.1, -0.05) is 22.0 Å². The van der Waals surface area contributed by atoms with Crippen LogP contribution in [0, 0.1) is 0 Å². The minimum atomic E-state index is 0.489. The summed E-state index contributed by atoms with van der Waals surface area (Å²) in [6, 6.07) is 9.75. The van der Waals surface area contributed by atoms with E-state index in [0.29, 0.717) is 25.6 Å². The summed E-state index contributed by atoms with van der Waals surface area (Å²) in [5.74, 6) is 1.38. The van der Waals surface area contributed by atoms with Crippen molar-refractivity contribution in [1.82, 2.24) is 15.0 Å². The fourth-order valence-corrected chi connectivity index (χ4v) is 2.55. The van der Waals surface area contributed by atoms with E-state index >= 15 is 0 Å². The van der Waals surface area contributed by atoms with Crippen LogP contribution < -0.4 is 10.1 Å². The number of rotatable bonds is 7. The Hall–Kier alpha value is -2.25. The summed E-state index contributed by atoms with van der Waals surface area (Å²) in [5, 5.41) is 4.30. The van der Waals surface area contributed by atoms with E-state index < -0.39 is 0 Å². The number of nitrogens with zero attached hydrogens (tertiary/aromatic N) is 3. The van der Waals surface area contributed by atoms with Crippen molar-refractivity contribution in [2.24, 2.45) is 0 Å². The van der Waals surface area contributed by atoms with Crippen molar-refractivity contribution >= 4 is 32.7 Å². The lowest BCUT2D eigenvalue weighted by molar-refractivity contribution is 0.143. The van der Waals surface area contributed by atoms with Crippen molar-refractivity contribution in [1.29, 1.82) is 0 Å². The lowest BCUT2D eigenvalue weighted by atomic mass is 10.2. The van der Waals surface area contributed by atoms with Crippen molar-refractivity contribution in [2.75, 3.05) is 25.6 Å². The van der Waals surface area contributed by atoms with Gasteiger partial charge in [-0.05, 0) is 23.8 Å². The summed E-state index contributed by atoms with van der Waals surface area (Å²) in [6.07, 6.45) is 3.35. The Morgan fingerprint density at radius 2 is 2.00 bits per heavy atom. The third-order valence-electron chi connectivity index (χ3n) is 3.39. The molecule has 0 amide bonds. The van der Waals surface area contributed by atoms with E-state index in [-0.39, 0.29) is 0 Å². The second-order valence-electron chi connectivity index (χ2n) is 5.08. The smallest absolute Gasteiger partial charge is 0.213 e. The van der Waals surface area contributed by atoms with Crippen LogP contribution in [0.2, 0.25) is 0 Å². The molecule has 0 fully saturated rings. The maximum absolute atomic E-state index is 5.45. The molecular formula is C17H17BrN4O2. The van der Waals surface area contributed by atoms with Crippen molar-refractivity contribution in [3.63, 3.8) is 0 Å². The zero-order chi connectivity index (χ0) is 16.8. The van der Waals surface area contributed by atoms with Crippen molar-refractivity contribution in [3.8, 4) is 5.88 Å². The zero-order valence-corrected chi connectivity index (χ0v) is 14.8. The van der Waals surface area contributed by atoms with Crippen LogP contribution in [0.5, 0.6) is 5.88 Å². The summed E-state index contributed by atoms with van der Waals surface area (Å²) in [6.45, 7) is 1.65. The number of halogens is 1. The molecule has 124 valence electrons.